The molecular formula is C19H26N6O2. The third kappa shape index (κ3) is 4.64. The molecule has 0 radical (unpaired) electrons. The van der Waals surface area contributed by atoms with E-state index in [1.54, 1.807) is 10.9 Å². The van der Waals surface area contributed by atoms with Crippen LogP contribution in [0.1, 0.15) is 16.1 Å². The van der Waals surface area contributed by atoms with Gasteiger partial charge in [0.25, 0.3) is 5.91 Å². The van der Waals surface area contributed by atoms with Crippen molar-refractivity contribution in [3.63, 3.8) is 0 Å². The van der Waals surface area contributed by atoms with E-state index < -0.39 is 0 Å². The molecule has 27 heavy (non-hydrogen) atoms. The minimum Gasteiger partial charge on any atom is -0.493 e. The Labute approximate surface area is 158 Å². The van der Waals surface area contributed by atoms with Gasteiger partial charge in [0.15, 0.2) is 5.69 Å². The maximum absolute atomic E-state index is 12.4. The highest BCUT2D eigenvalue weighted by molar-refractivity contribution is 5.91. The summed E-state index contributed by atoms with van der Waals surface area (Å²) in [5, 5.41) is 14.4. The topological polar surface area (TPSA) is 84.3 Å². The quantitative estimate of drug-likeness (QED) is 0.754. The van der Waals surface area contributed by atoms with E-state index in [2.05, 4.69) is 31.9 Å². The van der Waals surface area contributed by atoms with E-state index in [9.17, 15) is 4.79 Å². The number of amides is 1. The first-order valence-corrected chi connectivity index (χ1v) is 9.60. The number of hydrogen-bond donors (Lipinski definition) is 2. The molecular weight excluding hydrogens is 344 g/mol. The van der Waals surface area contributed by atoms with E-state index >= 15 is 0 Å². The molecule has 2 aliphatic rings. The number of ether oxygens (including phenoxy) is 1. The SMILES string of the molecule is O=C(NC[C@@H]1COc2ccccc2C1)c1cn(CCN2CCNCC2)nn1. The van der Waals surface area contributed by atoms with Crippen LogP contribution in [-0.4, -0.2) is 71.7 Å². The summed E-state index contributed by atoms with van der Waals surface area (Å²) >= 11 is 0. The molecule has 8 nitrogen and oxygen atoms in total. The van der Waals surface area contributed by atoms with Gasteiger partial charge in [-0.1, -0.05) is 23.4 Å². The lowest BCUT2D eigenvalue weighted by Gasteiger charge is -2.26. The number of piperazine rings is 1. The third-order valence-corrected chi connectivity index (χ3v) is 5.13. The van der Waals surface area contributed by atoms with Crippen molar-refractivity contribution in [1.82, 2.24) is 30.5 Å². The van der Waals surface area contributed by atoms with Crippen LogP contribution in [-0.2, 0) is 13.0 Å². The highest BCUT2D eigenvalue weighted by Crippen LogP contribution is 2.26. The average Bonchev–Trinajstić information content (AvgIpc) is 3.20. The number of benzene rings is 1. The van der Waals surface area contributed by atoms with Crippen molar-refractivity contribution in [2.45, 2.75) is 13.0 Å². The Balaban J connectivity index is 1.24. The average molecular weight is 370 g/mol. The van der Waals surface area contributed by atoms with Crippen molar-refractivity contribution >= 4 is 5.91 Å². The maximum atomic E-state index is 12.4. The molecule has 1 atom stereocenters. The molecule has 0 unspecified atom stereocenters. The lowest BCUT2D eigenvalue weighted by Crippen LogP contribution is -2.44. The van der Waals surface area contributed by atoms with Crippen LogP contribution in [0.25, 0.3) is 0 Å². The van der Waals surface area contributed by atoms with Crippen LogP contribution >= 0.6 is 0 Å². The number of hydrogen-bond acceptors (Lipinski definition) is 6. The molecule has 144 valence electrons. The number of nitrogens with one attached hydrogen (secondary N) is 2. The van der Waals surface area contributed by atoms with Crippen molar-refractivity contribution in [1.29, 1.82) is 0 Å². The Morgan fingerprint density at radius 2 is 2.11 bits per heavy atom. The second-order valence-electron chi connectivity index (χ2n) is 7.16. The van der Waals surface area contributed by atoms with E-state index in [4.69, 9.17) is 4.74 Å². The van der Waals surface area contributed by atoms with E-state index in [1.165, 1.54) is 5.56 Å². The Morgan fingerprint density at radius 1 is 1.26 bits per heavy atom. The van der Waals surface area contributed by atoms with Crippen molar-refractivity contribution in [2.75, 3.05) is 45.9 Å². The second kappa shape index (κ2) is 8.49. The highest BCUT2D eigenvalue weighted by Gasteiger charge is 2.21. The largest absolute Gasteiger partial charge is 0.493 e. The van der Waals surface area contributed by atoms with Gasteiger partial charge in [0, 0.05) is 45.2 Å². The number of aromatic nitrogens is 3. The van der Waals surface area contributed by atoms with Crippen LogP contribution < -0.4 is 15.4 Å². The van der Waals surface area contributed by atoms with Crippen molar-refractivity contribution in [2.24, 2.45) is 5.92 Å². The number of carbonyl (C=O) groups excluding carboxylic acids is 1. The molecule has 1 amide bonds. The van der Waals surface area contributed by atoms with Crippen LogP contribution in [0.5, 0.6) is 5.75 Å². The van der Waals surface area contributed by atoms with Crippen LogP contribution in [0.15, 0.2) is 30.5 Å². The van der Waals surface area contributed by atoms with Gasteiger partial charge in [-0.2, -0.15) is 0 Å². The van der Waals surface area contributed by atoms with Crippen LogP contribution in [0.3, 0.4) is 0 Å². The molecule has 0 saturated carbocycles. The summed E-state index contributed by atoms with van der Waals surface area (Å²) in [7, 11) is 0. The van der Waals surface area contributed by atoms with Crippen molar-refractivity contribution in [3.8, 4) is 5.75 Å². The van der Waals surface area contributed by atoms with Crippen LogP contribution in [0, 0.1) is 5.92 Å². The summed E-state index contributed by atoms with van der Waals surface area (Å²) in [6.45, 7) is 7.01. The Hall–Kier alpha value is -2.45. The lowest BCUT2D eigenvalue weighted by molar-refractivity contribution is 0.0934. The first kappa shape index (κ1) is 17.9. The minimum absolute atomic E-state index is 0.178. The van der Waals surface area contributed by atoms with E-state index in [0.29, 0.717) is 18.8 Å². The van der Waals surface area contributed by atoms with Gasteiger partial charge in [-0.05, 0) is 18.1 Å². The number of para-hydroxylation sites is 1. The van der Waals surface area contributed by atoms with Gasteiger partial charge in [0.1, 0.15) is 5.75 Å². The fourth-order valence-corrected chi connectivity index (χ4v) is 3.54. The molecule has 1 aromatic carbocycles. The molecule has 2 aliphatic heterocycles. The molecule has 8 heteroatoms. The third-order valence-electron chi connectivity index (χ3n) is 5.13. The van der Waals surface area contributed by atoms with Gasteiger partial charge in [-0.3, -0.25) is 14.4 Å². The summed E-state index contributed by atoms with van der Waals surface area (Å²) in [6, 6.07) is 8.06. The van der Waals surface area contributed by atoms with E-state index in [-0.39, 0.29) is 11.8 Å². The normalized spacial score (nSPS) is 19.9. The molecule has 0 spiro atoms. The number of nitrogens with zero attached hydrogens (tertiary/aromatic N) is 4. The van der Waals surface area contributed by atoms with E-state index in [1.807, 2.05) is 18.2 Å². The van der Waals surface area contributed by atoms with Gasteiger partial charge < -0.3 is 15.4 Å². The Morgan fingerprint density at radius 3 is 3.00 bits per heavy atom. The van der Waals surface area contributed by atoms with E-state index in [0.717, 1.165) is 51.4 Å². The van der Waals surface area contributed by atoms with Crippen molar-refractivity contribution in [3.05, 3.63) is 41.7 Å². The maximum Gasteiger partial charge on any atom is 0.273 e. The van der Waals surface area contributed by atoms with Gasteiger partial charge in [-0.25, -0.2) is 0 Å². The summed E-state index contributed by atoms with van der Waals surface area (Å²) in [5.74, 6) is 1.04. The number of carbonyl (C=O) groups is 1. The fourth-order valence-electron chi connectivity index (χ4n) is 3.54. The zero-order valence-corrected chi connectivity index (χ0v) is 15.4. The second-order valence-corrected chi connectivity index (χ2v) is 7.16. The van der Waals surface area contributed by atoms with Crippen LogP contribution in [0.2, 0.25) is 0 Å². The Bertz CT molecular complexity index is 771. The molecule has 4 rings (SSSR count). The predicted octanol–water partition coefficient (Wildman–Crippen LogP) is 0.164. The summed E-state index contributed by atoms with van der Waals surface area (Å²) in [4.78, 5) is 14.8. The molecule has 3 heterocycles. The summed E-state index contributed by atoms with van der Waals surface area (Å²) in [6.07, 6.45) is 2.64. The zero-order chi connectivity index (χ0) is 18.5. The standard InChI is InChI=1S/C19H26N6O2/c26-19(21-12-15-11-16-3-1-2-4-18(16)27-14-15)17-13-25(23-22-17)10-9-24-7-5-20-6-8-24/h1-4,13,15,20H,5-12,14H2,(H,21,26)/t15-/m1/s1. The molecule has 1 fully saturated rings. The van der Waals surface area contributed by atoms with Gasteiger partial charge >= 0.3 is 0 Å². The molecule has 2 N–H and O–H groups in total. The smallest absolute Gasteiger partial charge is 0.273 e. The first-order chi connectivity index (χ1) is 13.3. The minimum atomic E-state index is -0.178. The van der Waals surface area contributed by atoms with Gasteiger partial charge in [0.2, 0.25) is 0 Å². The van der Waals surface area contributed by atoms with Gasteiger partial charge in [-0.15, -0.1) is 5.10 Å². The Kier molecular flexibility index (Phi) is 5.64. The lowest BCUT2D eigenvalue weighted by atomic mass is 9.97. The van der Waals surface area contributed by atoms with Crippen molar-refractivity contribution < 1.29 is 9.53 Å². The zero-order valence-electron chi connectivity index (χ0n) is 15.4. The van der Waals surface area contributed by atoms with Gasteiger partial charge in [0.05, 0.1) is 19.3 Å². The van der Waals surface area contributed by atoms with Crippen LogP contribution in [0.4, 0.5) is 0 Å². The predicted molar refractivity (Wildman–Crippen MR) is 101 cm³/mol. The molecule has 1 aromatic heterocycles. The summed E-state index contributed by atoms with van der Waals surface area (Å²) < 4.78 is 7.52. The highest BCUT2D eigenvalue weighted by atomic mass is 16.5. The first-order valence-electron chi connectivity index (χ1n) is 9.60. The molecule has 0 aliphatic carbocycles. The fraction of sp³-hybridized carbons (Fsp3) is 0.526. The number of fused-ring (bicyclic) bond motifs is 1. The molecule has 0 bridgehead atoms. The number of rotatable bonds is 6. The summed E-state index contributed by atoms with van der Waals surface area (Å²) in [5.41, 5.74) is 1.56. The molecule has 2 aromatic rings. The monoisotopic (exact) mass is 370 g/mol. The molecule has 1 saturated heterocycles.